The van der Waals surface area contributed by atoms with E-state index >= 15 is 0 Å². The van der Waals surface area contributed by atoms with E-state index in [9.17, 15) is 22.8 Å². The number of carbonyl (C=O) groups excluding carboxylic acids is 2. The van der Waals surface area contributed by atoms with Gasteiger partial charge < -0.3 is 4.74 Å². The summed E-state index contributed by atoms with van der Waals surface area (Å²) in [6.07, 6.45) is -6.13. The van der Waals surface area contributed by atoms with Gasteiger partial charge in [-0.05, 0) is 13.0 Å². The minimum absolute atomic E-state index is 0.354. The van der Waals surface area contributed by atoms with Crippen molar-refractivity contribution < 1.29 is 27.5 Å². The van der Waals surface area contributed by atoms with Crippen molar-refractivity contribution in [3.63, 3.8) is 0 Å². The summed E-state index contributed by atoms with van der Waals surface area (Å²) in [5, 5.41) is 0. The van der Waals surface area contributed by atoms with Crippen molar-refractivity contribution in [3.05, 3.63) is 35.4 Å². The van der Waals surface area contributed by atoms with Crippen molar-refractivity contribution in [2.75, 3.05) is 0 Å². The van der Waals surface area contributed by atoms with Crippen molar-refractivity contribution >= 4 is 11.8 Å². The minimum atomic E-state index is -4.61. The quantitative estimate of drug-likeness (QED) is 0.785. The van der Waals surface area contributed by atoms with Gasteiger partial charge in [0, 0.05) is 12.5 Å². The summed E-state index contributed by atoms with van der Waals surface area (Å²) < 4.78 is 42.9. The lowest BCUT2D eigenvalue weighted by Crippen LogP contribution is -2.20. The predicted octanol–water partition coefficient (Wildman–Crippen LogP) is 2.90. The first-order valence-corrected chi connectivity index (χ1v) is 5.07. The van der Waals surface area contributed by atoms with Crippen LogP contribution in [0.25, 0.3) is 0 Å². The summed E-state index contributed by atoms with van der Waals surface area (Å²) in [6, 6.07) is 4.52. The van der Waals surface area contributed by atoms with Gasteiger partial charge in [-0.25, -0.2) is 0 Å². The van der Waals surface area contributed by atoms with Crippen molar-refractivity contribution in [2.24, 2.45) is 0 Å². The highest BCUT2D eigenvalue weighted by molar-refractivity contribution is 5.84. The number of Topliss-reactive ketones (excluding diaryl/α,β-unsaturated/α-hetero) is 1. The molecule has 1 aromatic carbocycles. The molecule has 0 saturated heterocycles. The van der Waals surface area contributed by atoms with Crippen molar-refractivity contribution in [3.8, 4) is 0 Å². The number of alkyl halides is 3. The first-order chi connectivity index (χ1) is 8.23. The molecule has 0 aromatic heterocycles. The molecule has 0 aliphatic rings. The molecule has 1 unspecified atom stereocenters. The number of hydrogen-bond donors (Lipinski definition) is 0. The molecule has 0 amide bonds. The van der Waals surface area contributed by atoms with Gasteiger partial charge in [0.05, 0.1) is 5.56 Å². The first-order valence-electron chi connectivity index (χ1n) is 5.07. The van der Waals surface area contributed by atoms with E-state index < -0.39 is 29.6 Å². The molecule has 0 heterocycles. The Morgan fingerprint density at radius 2 is 1.72 bits per heavy atom. The van der Waals surface area contributed by atoms with Crippen LogP contribution >= 0.6 is 0 Å². The van der Waals surface area contributed by atoms with E-state index in [4.69, 9.17) is 0 Å². The number of esters is 1. The van der Waals surface area contributed by atoms with Gasteiger partial charge in [0.2, 0.25) is 0 Å². The Kier molecular flexibility index (Phi) is 4.11. The molecular weight excluding hydrogens is 249 g/mol. The second-order valence-corrected chi connectivity index (χ2v) is 3.69. The fourth-order valence-corrected chi connectivity index (χ4v) is 1.52. The van der Waals surface area contributed by atoms with E-state index in [2.05, 4.69) is 4.74 Å². The Balaban J connectivity index is 3.28. The van der Waals surface area contributed by atoms with Crippen LogP contribution in [0.4, 0.5) is 13.2 Å². The van der Waals surface area contributed by atoms with Crippen molar-refractivity contribution in [1.29, 1.82) is 0 Å². The standard InChI is InChI=1S/C12H11F3O3/c1-7(16)11(18-8(2)17)9-5-3-4-6-10(9)12(13,14)15/h3-6,11H,1-2H3. The summed E-state index contributed by atoms with van der Waals surface area (Å²) in [5.74, 6) is -1.48. The molecule has 0 radical (unpaired) electrons. The van der Waals surface area contributed by atoms with Crippen LogP contribution in [-0.4, -0.2) is 11.8 Å². The van der Waals surface area contributed by atoms with E-state index in [1.807, 2.05) is 0 Å². The molecule has 0 saturated carbocycles. The molecule has 3 nitrogen and oxygen atoms in total. The highest BCUT2D eigenvalue weighted by Crippen LogP contribution is 2.35. The van der Waals surface area contributed by atoms with Crippen LogP contribution in [0, 0.1) is 0 Å². The molecule has 0 bridgehead atoms. The maximum atomic E-state index is 12.8. The summed E-state index contributed by atoms with van der Waals surface area (Å²) in [6.45, 7) is 2.10. The van der Waals surface area contributed by atoms with Crippen molar-refractivity contribution in [1.82, 2.24) is 0 Å². The van der Waals surface area contributed by atoms with Crippen LogP contribution < -0.4 is 0 Å². The molecule has 0 N–H and O–H groups in total. The second kappa shape index (κ2) is 5.20. The lowest BCUT2D eigenvalue weighted by atomic mass is 9.99. The van der Waals surface area contributed by atoms with Crippen LogP contribution in [0.5, 0.6) is 0 Å². The maximum absolute atomic E-state index is 12.8. The van der Waals surface area contributed by atoms with Crippen molar-refractivity contribution in [2.45, 2.75) is 26.1 Å². The number of benzene rings is 1. The Hall–Kier alpha value is -1.85. The van der Waals surface area contributed by atoms with Gasteiger partial charge >= 0.3 is 12.1 Å². The van der Waals surface area contributed by atoms with Gasteiger partial charge in [0.25, 0.3) is 0 Å². The zero-order valence-corrected chi connectivity index (χ0v) is 9.75. The molecule has 1 rings (SSSR count). The smallest absolute Gasteiger partial charge is 0.416 e. The van der Waals surface area contributed by atoms with Gasteiger partial charge in [-0.15, -0.1) is 0 Å². The Morgan fingerprint density at radius 1 is 1.17 bits per heavy atom. The SMILES string of the molecule is CC(=O)OC(C(C)=O)c1ccccc1C(F)(F)F. The lowest BCUT2D eigenvalue weighted by molar-refractivity contribution is -0.155. The topological polar surface area (TPSA) is 43.4 Å². The molecule has 1 aromatic rings. The zero-order valence-electron chi connectivity index (χ0n) is 9.75. The molecule has 6 heteroatoms. The monoisotopic (exact) mass is 260 g/mol. The zero-order chi connectivity index (χ0) is 13.9. The molecular formula is C12H11F3O3. The highest BCUT2D eigenvalue weighted by Gasteiger charge is 2.36. The number of carbonyl (C=O) groups is 2. The van der Waals surface area contributed by atoms with E-state index in [0.29, 0.717) is 0 Å². The summed E-state index contributed by atoms with van der Waals surface area (Å²) in [5.41, 5.74) is -1.33. The summed E-state index contributed by atoms with van der Waals surface area (Å²) in [7, 11) is 0. The second-order valence-electron chi connectivity index (χ2n) is 3.69. The molecule has 98 valence electrons. The van der Waals surface area contributed by atoms with E-state index in [1.165, 1.54) is 12.1 Å². The molecule has 0 aliphatic carbocycles. The lowest BCUT2D eigenvalue weighted by Gasteiger charge is -2.19. The van der Waals surface area contributed by atoms with Crippen LogP contribution in [-0.2, 0) is 20.5 Å². The van der Waals surface area contributed by atoms with Crippen LogP contribution in [0.1, 0.15) is 31.1 Å². The fourth-order valence-electron chi connectivity index (χ4n) is 1.52. The van der Waals surface area contributed by atoms with Crippen LogP contribution in [0.3, 0.4) is 0 Å². The van der Waals surface area contributed by atoms with Gasteiger partial charge in [-0.3, -0.25) is 9.59 Å². The molecule has 18 heavy (non-hydrogen) atoms. The maximum Gasteiger partial charge on any atom is 0.416 e. The summed E-state index contributed by atoms with van der Waals surface area (Å²) >= 11 is 0. The molecule has 1 atom stereocenters. The van der Waals surface area contributed by atoms with E-state index in [-0.39, 0.29) is 5.56 Å². The fraction of sp³-hybridized carbons (Fsp3) is 0.333. The summed E-state index contributed by atoms with van der Waals surface area (Å²) in [4.78, 5) is 22.2. The number of rotatable bonds is 3. The van der Waals surface area contributed by atoms with Crippen LogP contribution in [0.2, 0.25) is 0 Å². The number of hydrogen-bond acceptors (Lipinski definition) is 3. The highest BCUT2D eigenvalue weighted by atomic mass is 19.4. The normalized spacial score (nSPS) is 12.9. The van der Waals surface area contributed by atoms with Gasteiger partial charge in [0.1, 0.15) is 0 Å². The third kappa shape index (κ3) is 3.32. The Bertz CT molecular complexity index is 466. The molecule has 0 fully saturated rings. The number of halogens is 3. The van der Waals surface area contributed by atoms with E-state index in [0.717, 1.165) is 26.0 Å². The average Bonchev–Trinajstić information content (AvgIpc) is 2.24. The number of ketones is 1. The van der Waals surface area contributed by atoms with Gasteiger partial charge in [-0.1, -0.05) is 18.2 Å². The van der Waals surface area contributed by atoms with E-state index in [1.54, 1.807) is 0 Å². The Labute approximate surface area is 102 Å². The average molecular weight is 260 g/mol. The molecule has 0 aliphatic heterocycles. The number of ether oxygens (including phenoxy) is 1. The minimum Gasteiger partial charge on any atom is -0.450 e. The van der Waals surface area contributed by atoms with Gasteiger partial charge in [-0.2, -0.15) is 13.2 Å². The third-order valence-corrected chi connectivity index (χ3v) is 2.20. The first kappa shape index (κ1) is 14.2. The Morgan fingerprint density at radius 3 is 2.17 bits per heavy atom. The largest absolute Gasteiger partial charge is 0.450 e. The third-order valence-electron chi connectivity index (χ3n) is 2.20. The molecule has 0 spiro atoms. The van der Waals surface area contributed by atoms with Gasteiger partial charge in [0.15, 0.2) is 11.9 Å². The van der Waals surface area contributed by atoms with Crippen LogP contribution in [0.15, 0.2) is 24.3 Å². The predicted molar refractivity (Wildman–Crippen MR) is 56.6 cm³/mol.